The van der Waals surface area contributed by atoms with Gasteiger partial charge in [0.2, 0.25) is 46.3 Å². The standard InChI is InChI=1S/C20H27OS.C17H19OS.C16H17O2S.C16H17OS.C16H25OS.C12H15O2S.C12H17OS.C10H13OS/c1-3-5-13-22(14-6-4-2)16-20(21)19-12-11-17-9-7-8-10-18(17)15-19;18-17(13-19-10-4-1-5-11-19)16-9-8-14-6-2-3-7-15(14)12-16;17-16(12-19-9-7-18-8-10-19)15-6-5-13-3-1-2-4-14(13)11-15;17-16(12-18-9-3-4-10-18)15-8-7-13-5-1-2-6-14(13)11-15;1-3-5-12-18(13-6-4-2)14-16(17)15-10-8-7-9-11-15;13-12(11-4-2-1-3-5-11)10-15-8-6-14-7-9-15;1-3-14(4-2)10-12(13)11-8-6-5-7-9-11;1-12(2)8-10(11)9-6-4-3-5-7-9/h7-12,15H,3-6,13-14,16H2,1-2H3;2-3,6-9,12H,1,4-5,10-11,13H2;1-6,11H,7-10,12H2;1-2,5-8,11H,3-4,9-10,12H2;7-11H,3-6,12-14H2,1-2H3;1-5H,6-10H2;5-9H,3-4,10H2,1-2H3;3-7H,8H2,1-2H3/q8*+1. The van der Waals surface area contributed by atoms with Gasteiger partial charge >= 0.3 is 0 Å². The van der Waals surface area contributed by atoms with E-state index in [4.69, 9.17) is 9.47 Å². The molecule has 12 aromatic rings. The summed E-state index contributed by atoms with van der Waals surface area (Å²) in [7, 11) is 2.21. The van der Waals surface area contributed by atoms with Crippen molar-refractivity contribution >= 4 is 177 Å². The van der Waals surface area contributed by atoms with Crippen LogP contribution in [0.25, 0.3) is 43.1 Å². The molecule has 4 fully saturated rings. The van der Waals surface area contributed by atoms with Gasteiger partial charge in [0.05, 0.1) is 38.9 Å². The zero-order chi connectivity index (χ0) is 97.4. The minimum atomic E-state index is 0.204. The number of carbonyl (C=O) groups excluding carboxylic acids is 8. The molecule has 0 bridgehead atoms. The first-order chi connectivity index (χ1) is 66.8. The van der Waals surface area contributed by atoms with Crippen molar-refractivity contribution in [2.75, 3.05) is 166 Å². The summed E-state index contributed by atoms with van der Waals surface area (Å²) in [5.74, 6) is 24.6. The lowest BCUT2D eigenvalue weighted by atomic mass is 10.1. The Bertz CT molecular complexity index is 5430. The van der Waals surface area contributed by atoms with Gasteiger partial charge in [0.25, 0.3) is 0 Å². The molecule has 137 heavy (non-hydrogen) atoms. The van der Waals surface area contributed by atoms with Crippen LogP contribution < -0.4 is 0 Å². The van der Waals surface area contributed by atoms with Gasteiger partial charge in [0, 0.05) is 66.3 Å². The fraction of sp³-hybridized carbons (Fsp3) is 0.395. The Hall–Kier alpha value is -8.24. The third kappa shape index (κ3) is 42.2. The van der Waals surface area contributed by atoms with E-state index in [9.17, 15) is 38.4 Å². The molecule has 4 aliphatic heterocycles. The van der Waals surface area contributed by atoms with Crippen molar-refractivity contribution in [3.63, 3.8) is 0 Å². The van der Waals surface area contributed by atoms with Crippen molar-refractivity contribution in [2.24, 2.45) is 0 Å². The number of fused-ring (bicyclic) bond motifs is 4. The van der Waals surface area contributed by atoms with E-state index in [0.717, 1.165) is 150 Å². The normalized spacial score (nSPS) is 13.9. The zero-order valence-corrected chi connectivity index (χ0v) is 89.2. The summed E-state index contributed by atoms with van der Waals surface area (Å²) in [5.41, 5.74) is 6.90. The van der Waals surface area contributed by atoms with Gasteiger partial charge in [0.1, 0.15) is 80.5 Å². The molecule has 0 amide bonds. The van der Waals surface area contributed by atoms with E-state index < -0.39 is 0 Å². The number of Topliss-reactive ketones (excluding diaryl/α,β-unsaturated/α-hetero) is 8. The van der Waals surface area contributed by atoms with Crippen LogP contribution in [0.2, 0.25) is 0 Å². The van der Waals surface area contributed by atoms with E-state index in [1.54, 1.807) is 0 Å². The lowest BCUT2D eigenvalue weighted by Gasteiger charge is -2.13. The van der Waals surface area contributed by atoms with Crippen LogP contribution in [0.3, 0.4) is 0 Å². The molecule has 0 spiro atoms. The van der Waals surface area contributed by atoms with Crippen molar-refractivity contribution in [2.45, 2.75) is 125 Å². The summed E-state index contributed by atoms with van der Waals surface area (Å²) in [6.07, 6.45) is 20.7. The van der Waals surface area contributed by atoms with E-state index >= 15 is 0 Å². The zero-order valence-electron chi connectivity index (χ0n) is 82.6. The maximum Gasteiger partial charge on any atom is 0.211 e. The molecule has 0 radical (unpaired) electrons. The van der Waals surface area contributed by atoms with Crippen LogP contribution in [-0.4, -0.2) is 212 Å². The van der Waals surface area contributed by atoms with E-state index in [1.807, 2.05) is 218 Å². The molecule has 0 saturated carbocycles. The fourth-order valence-corrected chi connectivity index (χ4v) is 30.6. The summed E-state index contributed by atoms with van der Waals surface area (Å²) in [5, 5.41) is 9.44. The Labute approximate surface area is 843 Å². The van der Waals surface area contributed by atoms with E-state index in [2.05, 4.69) is 127 Å². The molecule has 0 atom stereocenters. The van der Waals surface area contributed by atoms with Gasteiger partial charge in [-0.05, 0) is 204 Å². The van der Waals surface area contributed by atoms with Crippen LogP contribution in [0.1, 0.15) is 208 Å². The van der Waals surface area contributed by atoms with E-state index in [0.29, 0.717) is 73.1 Å². The summed E-state index contributed by atoms with van der Waals surface area (Å²) < 4.78 is 10.6. The molecule has 4 heterocycles. The first-order valence-electron chi connectivity index (χ1n) is 49.4. The molecule has 0 unspecified atom stereocenters. The average molecular weight is 2000 g/mol. The summed E-state index contributed by atoms with van der Waals surface area (Å²) in [4.78, 5) is 96.9. The molecule has 726 valence electrons. The van der Waals surface area contributed by atoms with E-state index in [-0.39, 0.29) is 77.6 Å². The molecule has 16 rings (SSSR count). The molecule has 18 heteroatoms. The lowest BCUT2D eigenvalue weighted by Crippen LogP contribution is -2.31. The van der Waals surface area contributed by atoms with Gasteiger partial charge < -0.3 is 9.47 Å². The highest BCUT2D eigenvalue weighted by atomic mass is 32.2. The smallest absolute Gasteiger partial charge is 0.211 e. The van der Waals surface area contributed by atoms with Gasteiger partial charge in [0.15, 0.2) is 46.0 Å². The molecule has 4 saturated heterocycles. The van der Waals surface area contributed by atoms with Crippen LogP contribution >= 0.6 is 0 Å². The number of hydrogen-bond donors (Lipinski definition) is 0. The fourth-order valence-electron chi connectivity index (χ4n) is 15.8. The summed E-state index contributed by atoms with van der Waals surface area (Å²) in [6, 6.07) is 95.5. The lowest BCUT2D eigenvalue weighted by molar-refractivity contribution is 0.101. The predicted octanol–water partition coefficient (Wildman–Crippen LogP) is 25.1. The number of rotatable bonds is 38. The Morgan fingerprint density at radius 3 is 0.723 bits per heavy atom. The number of unbranched alkanes of at least 4 members (excludes halogenated alkanes) is 4. The van der Waals surface area contributed by atoms with E-state index in [1.165, 1.54) is 156 Å². The second-order valence-electron chi connectivity index (χ2n) is 35.0. The first kappa shape index (κ1) is 112. The molecular weight excluding hydrogens is 1850 g/mol. The average Bonchev–Trinajstić information content (AvgIpc) is 1.11. The topological polar surface area (TPSA) is 155 Å². The number of ether oxygens (including phenoxy) is 2. The third-order valence-electron chi connectivity index (χ3n) is 23.9. The van der Waals surface area contributed by atoms with Crippen molar-refractivity contribution in [3.05, 3.63) is 336 Å². The first-order valence-corrected chi connectivity index (χ1v) is 63.8. The Kier molecular flexibility index (Phi) is 53.9. The van der Waals surface area contributed by atoms with Gasteiger partial charge in [-0.25, -0.2) is 0 Å². The van der Waals surface area contributed by atoms with Gasteiger partial charge in [-0.3, -0.25) is 38.4 Å². The maximum atomic E-state index is 12.6. The molecule has 10 nitrogen and oxygen atoms in total. The highest BCUT2D eigenvalue weighted by Crippen LogP contribution is 2.25. The van der Waals surface area contributed by atoms with Crippen molar-refractivity contribution < 1.29 is 47.8 Å². The highest BCUT2D eigenvalue weighted by Gasteiger charge is 2.32. The molecular formula is C119H150O10S8+8. The van der Waals surface area contributed by atoms with Gasteiger partial charge in [-0.1, -0.05) is 320 Å². The molecule has 12 aromatic carbocycles. The monoisotopic (exact) mass is 1990 g/mol. The largest absolute Gasteiger partial charge is 0.372 e. The molecule has 0 N–H and O–H groups in total. The number of benzene rings is 12. The van der Waals surface area contributed by atoms with Crippen LogP contribution in [0.4, 0.5) is 0 Å². The van der Waals surface area contributed by atoms with Crippen molar-refractivity contribution in [1.82, 2.24) is 0 Å². The van der Waals surface area contributed by atoms with Gasteiger partial charge in [-0.15, -0.1) is 0 Å². The number of carbonyl (C=O) groups is 8. The minimum absolute atomic E-state index is 0.204. The summed E-state index contributed by atoms with van der Waals surface area (Å²) in [6.45, 7) is 16.5. The molecule has 0 aromatic heterocycles. The van der Waals surface area contributed by atoms with Gasteiger partial charge in [-0.2, -0.15) is 0 Å². The van der Waals surface area contributed by atoms with Crippen LogP contribution in [0.5, 0.6) is 0 Å². The van der Waals surface area contributed by atoms with Crippen LogP contribution in [0, 0.1) is 0 Å². The van der Waals surface area contributed by atoms with Crippen molar-refractivity contribution in [1.29, 1.82) is 0 Å². The minimum Gasteiger partial charge on any atom is -0.372 e. The second-order valence-corrected chi connectivity index (χ2v) is 53.9. The highest BCUT2D eigenvalue weighted by molar-refractivity contribution is 7.99. The number of hydrogen-bond acceptors (Lipinski definition) is 10. The molecule has 0 aliphatic carbocycles. The SMILES string of the molecule is CCCC[S+](CCCC)CC(=O)c1ccc2ccccc2c1.CCCC[S+](CCCC)CC(=O)c1ccccc1.CC[S+](CC)CC(=O)c1ccccc1.C[S+](C)CC(=O)c1ccccc1.O=C(C[S+]1CCCC1)c1ccc2ccccc2c1.O=C(C[S+]1CCCCC1)c1ccc2ccccc2c1.O=C(C[S+]1CCOCC1)c1ccc2ccccc2c1.O=C(C[S+]1CCOCC1)c1ccccc1. The maximum absolute atomic E-state index is 12.6. The van der Waals surface area contributed by atoms with Crippen molar-refractivity contribution in [3.8, 4) is 0 Å². The second kappa shape index (κ2) is 65.7. The Morgan fingerprint density at radius 1 is 0.234 bits per heavy atom. The van der Waals surface area contributed by atoms with Crippen LogP contribution in [0.15, 0.2) is 291 Å². The predicted molar refractivity (Wildman–Crippen MR) is 610 cm³/mol. The Balaban J connectivity index is 0.000000176. The molecule has 4 aliphatic rings. The quantitative estimate of drug-likeness (QED) is 0.0270. The van der Waals surface area contributed by atoms with Crippen LogP contribution in [-0.2, 0) is 96.6 Å². The summed E-state index contributed by atoms with van der Waals surface area (Å²) >= 11 is 0. The Morgan fingerprint density at radius 2 is 0.453 bits per heavy atom. The third-order valence-corrected chi connectivity index (χ3v) is 41.0. The number of ketones is 8.